The predicted octanol–water partition coefficient (Wildman–Crippen LogP) is 5.23. The van der Waals surface area contributed by atoms with Crippen LogP contribution < -0.4 is 10.6 Å². The van der Waals surface area contributed by atoms with Crippen molar-refractivity contribution >= 4 is 56.2 Å². The summed E-state index contributed by atoms with van der Waals surface area (Å²) in [5.74, 6) is -0.750. The molecule has 260 valence electrons. The first-order chi connectivity index (χ1) is 23.9. The molecule has 1 aliphatic carbocycles. The maximum absolute atomic E-state index is 14.4. The van der Waals surface area contributed by atoms with Gasteiger partial charge in [-0.2, -0.15) is 5.10 Å². The summed E-state index contributed by atoms with van der Waals surface area (Å²) < 4.78 is 15.8. The van der Waals surface area contributed by atoms with E-state index >= 15 is 0 Å². The Morgan fingerprint density at radius 3 is 2.48 bits per heavy atom. The summed E-state index contributed by atoms with van der Waals surface area (Å²) in [5.41, 5.74) is 3.42. The van der Waals surface area contributed by atoms with Crippen LogP contribution in [-0.2, 0) is 27.3 Å². The largest absolute Gasteiger partial charge is 0.355 e. The summed E-state index contributed by atoms with van der Waals surface area (Å²) in [6, 6.07) is 4.28. The monoisotopic (exact) mass is 744 g/mol. The van der Waals surface area contributed by atoms with Crippen LogP contribution in [-0.4, -0.2) is 71.8 Å². The normalized spacial score (nSPS) is 22.5. The molecule has 3 amide bonds. The van der Waals surface area contributed by atoms with Crippen molar-refractivity contribution < 1.29 is 23.6 Å². The first-order valence-corrected chi connectivity index (χ1v) is 17.8. The van der Waals surface area contributed by atoms with Crippen molar-refractivity contribution in [3.05, 3.63) is 63.7 Å². The first-order valence-electron chi connectivity index (χ1n) is 17.0. The molecule has 1 saturated carbocycles. The van der Waals surface area contributed by atoms with Crippen molar-refractivity contribution in [3.63, 3.8) is 0 Å². The van der Waals surface area contributed by atoms with E-state index in [0.29, 0.717) is 54.5 Å². The lowest BCUT2D eigenvalue weighted by Gasteiger charge is -2.27. The van der Waals surface area contributed by atoms with E-state index in [-0.39, 0.29) is 46.3 Å². The number of carbonyl (C=O) groups excluding carboxylic acids is 4. The Morgan fingerprint density at radius 2 is 1.76 bits per heavy atom. The Hall–Kier alpha value is -4.59. The molecule has 3 atom stereocenters. The van der Waals surface area contributed by atoms with E-state index in [0.717, 1.165) is 42.4 Å². The predicted molar refractivity (Wildman–Crippen MR) is 187 cm³/mol. The molecule has 2 fully saturated rings. The van der Waals surface area contributed by atoms with E-state index in [2.05, 4.69) is 47.6 Å². The van der Waals surface area contributed by atoms with Gasteiger partial charge in [-0.15, -0.1) is 0 Å². The van der Waals surface area contributed by atoms with Gasteiger partial charge in [0.2, 0.25) is 17.7 Å². The van der Waals surface area contributed by atoms with Crippen LogP contribution in [0.4, 0.5) is 10.2 Å². The minimum atomic E-state index is -0.857. The van der Waals surface area contributed by atoms with E-state index in [9.17, 15) is 23.6 Å². The zero-order valence-electron chi connectivity index (χ0n) is 28.2. The molecule has 2 aliphatic heterocycles. The fraction of sp³-hybridized carbons (Fsp3) is 0.444. The first kappa shape index (κ1) is 33.9. The number of anilines is 1. The van der Waals surface area contributed by atoms with Crippen LogP contribution in [0.15, 0.2) is 35.2 Å². The van der Waals surface area contributed by atoms with Crippen LogP contribution in [0.5, 0.6) is 0 Å². The second-order valence-corrected chi connectivity index (χ2v) is 14.6. The molecule has 0 unspecified atom stereocenters. The minimum Gasteiger partial charge on any atom is -0.355 e. The van der Waals surface area contributed by atoms with Crippen molar-refractivity contribution in [3.8, 4) is 11.1 Å². The fourth-order valence-electron chi connectivity index (χ4n) is 7.57. The third kappa shape index (κ3) is 6.40. The molecule has 0 spiro atoms. The van der Waals surface area contributed by atoms with Crippen molar-refractivity contribution in [2.75, 3.05) is 11.9 Å². The number of hydrogen-bond donors (Lipinski definition) is 2. The average molecular weight is 746 g/mol. The summed E-state index contributed by atoms with van der Waals surface area (Å²) in [6.45, 7) is 5.03. The molecule has 12 nitrogen and oxygen atoms in total. The molecule has 50 heavy (non-hydrogen) atoms. The number of ketones is 1. The molecule has 14 heteroatoms. The summed E-state index contributed by atoms with van der Waals surface area (Å²) in [4.78, 5) is 68.6. The Kier molecular flexibility index (Phi) is 8.99. The lowest BCUT2D eigenvalue weighted by atomic mass is 9.96. The van der Waals surface area contributed by atoms with Gasteiger partial charge in [-0.25, -0.2) is 19.3 Å². The Bertz CT molecular complexity index is 2030. The lowest BCUT2D eigenvalue weighted by Crippen LogP contribution is -2.46. The van der Waals surface area contributed by atoms with Gasteiger partial charge in [0, 0.05) is 54.7 Å². The number of Topliss-reactive ketones (excluding diaryl/α,β-unsaturated/α-hetero) is 1. The maximum atomic E-state index is 14.4. The van der Waals surface area contributed by atoms with E-state index in [4.69, 9.17) is 5.10 Å². The zero-order valence-corrected chi connectivity index (χ0v) is 29.8. The Labute approximate surface area is 296 Å². The number of nitrogens with zero attached hydrogens (tertiary/aromatic N) is 6. The second kappa shape index (κ2) is 13.3. The molecule has 3 aliphatic rings. The number of halogens is 2. The van der Waals surface area contributed by atoms with E-state index < -0.39 is 23.2 Å². The highest BCUT2D eigenvalue weighted by molar-refractivity contribution is 9.10. The molecular weight excluding hydrogens is 707 g/mol. The SMILES string of the molecule is CC(=O)c1nn2c3c(cc(-c4cnc(C)nc4)cc13)CCCCCCC(=O)NC[C@@]13C[C@@H](C(=O)Nc4cc(C)c(F)c(Br)n4)N(C(=O)C2)[C@@H]1C3. The van der Waals surface area contributed by atoms with Crippen molar-refractivity contribution in [1.29, 1.82) is 0 Å². The molecule has 7 rings (SSSR count). The van der Waals surface area contributed by atoms with Crippen LogP contribution in [0.1, 0.15) is 79.3 Å². The van der Waals surface area contributed by atoms with Crippen molar-refractivity contribution in [2.45, 2.75) is 90.8 Å². The van der Waals surface area contributed by atoms with Crippen LogP contribution in [0.3, 0.4) is 0 Å². The molecule has 1 aromatic carbocycles. The number of nitrogens with one attached hydrogen (secondary N) is 2. The van der Waals surface area contributed by atoms with Crippen LogP contribution in [0.2, 0.25) is 0 Å². The molecule has 5 heterocycles. The minimum absolute atomic E-state index is 0.0250. The number of amides is 3. The standard InChI is InChI=1S/C36H38BrFN8O4/c1-19-10-28(42-34(37)31(19)38)43-35(50)26-13-36-14-27(36)46(26)30(49)17-45-33-22(8-6-4-5-7-9-29(48)41-18-36)11-23(24-15-39-21(3)40-16-24)12-25(33)32(44-45)20(2)47/h10-12,15-16,26-27H,4-9,13-14,17-18H2,1-3H3,(H,41,48)(H,42,43,50)/t26-,27+,36-/m0/s1. The number of benzene rings is 1. The van der Waals surface area contributed by atoms with Gasteiger partial charge in [0.15, 0.2) is 11.6 Å². The number of hydrogen-bond acceptors (Lipinski definition) is 8. The fourth-order valence-corrected chi connectivity index (χ4v) is 8.07. The van der Waals surface area contributed by atoms with Crippen molar-refractivity contribution in [1.82, 2.24) is 34.9 Å². The molecule has 2 bridgehead atoms. The smallest absolute Gasteiger partial charge is 0.248 e. The Balaban J connectivity index is 1.28. The summed E-state index contributed by atoms with van der Waals surface area (Å²) in [6.07, 6.45) is 8.96. The molecule has 3 aromatic heterocycles. The second-order valence-electron chi connectivity index (χ2n) is 13.8. The van der Waals surface area contributed by atoms with Gasteiger partial charge in [0.05, 0.1) is 5.52 Å². The van der Waals surface area contributed by atoms with Gasteiger partial charge in [-0.3, -0.25) is 23.9 Å². The quantitative estimate of drug-likeness (QED) is 0.213. The zero-order chi connectivity index (χ0) is 35.3. The van der Waals surface area contributed by atoms with Gasteiger partial charge in [0.25, 0.3) is 0 Å². The third-order valence-electron chi connectivity index (χ3n) is 10.3. The van der Waals surface area contributed by atoms with Crippen LogP contribution >= 0.6 is 15.9 Å². The highest BCUT2D eigenvalue weighted by atomic mass is 79.9. The molecule has 2 N–H and O–H groups in total. The van der Waals surface area contributed by atoms with Crippen molar-refractivity contribution in [2.24, 2.45) is 5.41 Å². The van der Waals surface area contributed by atoms with E-state index in [1.807, 2.05) is 13.0 Å². The van der Waals surface area contributed by atoms with E-state index in [1.54, 1.807) is 28.9 Å². The highest BCUT2D eigenvalue weighted by Crippen LogP contribution is 2.59. The van der Waals surface area contributed by atoms with Gasteiger partial charge in [-0.05, 0) is 96.8 Å². The summed E-state index contributed by atoms with van der Waals surface area (Å²) >= 11 is 3.11. The summed E-state index contributed by atoms with van der Waals surface area (Å²) in [7, 11) is 0. The van der Waals surface area contributed by atoms with Crippen LogP contribution in [0, 0.1) is 25.1 Å². The van der Waals surface area contributed by atoms with Crippen LogP contribution in [0.25, 0.3) is 22.0 Å². The van der Waals surface area contributed by atoms with Gasteiger partial charge >= 0.3 is 0 Å². The van der Waals surface area contributed by atoms with E-state index in [1.165, 1.54) is 13.0 Å². The number of aryl methyl sites for hydroxylation is 3. The highest BCUT2D eigenvalue weighted by Gasteiger charge is 2.67. The molecule has 0 radical (unpaired) electrons. The number of carbonyl (C=O) groups is 4. The topological polar surface area (TPSA) is 152 Å². The average Bonchev–Trinajstić information content (AvgIpc) is 3.49. The summed E-state index contributed by atoms with van der Waals surface area (Å²) in [5, 5.41) is 11.2. The van der Waals surface area contributed by atoms with Gasteiger partial charge < -0.3 is 15.5 Å². The van der Waals surface area contributed by atoms with Gasteiger partial charge in [0.1, 0.15) is 34.5 Å². The molecular formula is C36H38BrFN8O4. The maximum Gasteiger partial charge on any atom is 0.248 e. The van der Waals surface area contributed by atoms with Gasteiger partial charge in [-0.1, -0.05) is 12.8 Å². The number of pyridine rings is 1. The lowest BCUT2D eigenvalue weighted by molar-refractivity contribution is -0.138. The Morgan fingerprint density at radius 1 is 1.02 bits per heavy atom. The number of rotatable bonds is 4. The number of aromatic nitrogens is 5. The number of piperidine rings is 1. The molecule has 4 aromatic rings. The molecule has 1 saturated heterocycles. The third-order valence-corrected chi connectivity index (χ3v) is 10.8.